The minimum atomic E-state index is -0.547. The Kier molecular flexibility index (Phi) is 4.35. The first-order valence-corrected chi connectivity index (χ1v) is 7.64. The molecule has 6 heteroatoms. The molecule has 0 radical (unpaired) electrons. The van der Waals surface area contributed by atoms with Gasteiger partial charge in [0.25, 0.3) is 11.3 Å². The van der Waals surface area contributed by atoms with Crippen molar-refractivity contribution in [2.75, 3.05) is 7.11 Å². The van der Waals surface area contributed by atoms with E-state index in [-0.39, 0.29) is 22.4 Å². The maximum Gasteiger partial charge on any atom is 0.329 e. The average molecular weight is 336 g/mol. The van der Waals surface area contributed by atoms with Gasteiger partial charge < -0.3 is 14.7 Å². The third kappa shape index (κ3) is 2.89. The van der Waals surface area contributed by atoms with Gasteiger partial charge in [0.1, 0.15) is 11.3 Å². The Morgan fingerprint density at radius 3 is 2.60 bits per heavy atom. The monoisotopic (exact) mass is 336 g/mol. The summed E-state index contributed by atoms with van der Waals surface area (Å²) < 4.78 is 6.34. The lowest BCUT2D eigenvalue weighted by atomic mass is 10.1. The SMILES string of the molecule is COc1ccccc1/C=C/C(=O)c1c(C)n([O-])c2ccccc2[n+]1=O. The maximum absolute atomic E-state index is 12.6. The van der Waals surface area contributed by atoms with E-state index in [1.807, 2.05) is 12.1 Å². The van der Waals surface area contributed by atoms with Crippen molar-refractivity contribution in [2.45, 2.75) is 6.92 Å². The highest BCUT2D eigenvalue weighted by Gasteiger charge is 2.24. The van der Waals surface area contributed by atoms with Crippen LogP contribution in [0.4, 0.5) is 0 Å². The lowest BCUT2D eigenvalue weighted by molar-refractivity contribution is -0.468. The van der Waals surface area contributed by atoms with Crippen molar-refractivity contribution in [2.24, 2.45) is 0 Å². The van der Waals surface area contributed by atoms with Crippen LogP contribution in [0.15, 0.2) is 54.6 Å². The molecule has 2 aromatic carbocycles. The fraction of sp³-hybridized carbons (Fsp3) is 0.105. The summed E-state index contributed by atoms with van der Waals surface area (Å²) in [5.74, 6) is 0.0597. The zero-order valence-electron chi connectivity index (χ0n) is 13.8. The minimum Gasteiger partial charge on any atom is -0.805 e. The molecule has 0 aliphatic carbocycles. The van der Waals surface area contributed by atoms with Crippen molar-refractivity contribution in [1.29, 1.82) is 0 Å². The molecule has 0 spiro atoms. The number of hydrogen-bond donors (Lipinski definition) is 0. The highest BCUT2D eigenvalue weighted by atomic mass is 16.5. The third-order valence-corrected chi connectivity index (χ3v) is 3.96. The molecule has 0 bridgehead atoms. The van der Waals surface area contributed by atoms with Crippen molar-refractivity contribution in [3.8, 4) is 5.75 Å². The summed E-state index contributed by atoms with van der Waals surface area (Å²) in [6.07, 6.45) is 2.83. The predicted molar refractivity (Wildman–Crippen MR) is 95.2 cm³/mol. The van der Waals surface area contributed by atoms with Crippen LogP contribution >= 0.6 is 0 Å². The number of rotatable bonds is 4. The number of nitrogens with zero attached hydrogens (tertiary/aromatic N) is 2. The average Bonchev–Trinajstić information content (AvgIpc) is 2.65. The van der Waals surface area contributed by atoms with Crippen molar-refractivity contribution < 1.29 is 14.0 Å². The second kappa shape index (κ2) is 6.60. The molecule has 1 aromatic heterocycles. The number of fused-ring (bicyclic) bond motifs is 1. The van der Waals surface area contributed by atoms with E-state index in [4.69, 9.17) is 4.74 Å². The van der Waals surface area contributed by atoms with Crippen LogP contribution in [0.5, 0.6) is 5.75 Å². The first kappa shape index (κ1) is 16.4. The number of ketones is 1. The smallest absolute Gasteiger partial charge is 0.329 e. The molecule has 0 aliphatic heterocycles. The molecule has 25 heavy (non-hydrogen) atoms. The molecular formula is C19H16N2O4. The van der Waals surface area contributed by atoms with E-state index in [0.29, 0.717) is 20.5 Å². The number of methoxy groups -OCH3 is 1. The van der Waals surface area contributed by atoms with Crippen LogP contribution < -0.4 is 9.16 Å². The van der Waals surface area contributed by atoms with Gasteiger partial charge in [0.2, 0.25) is 0 Å². The van der Waals surface area contributed by atoms with Crippen LogP contribution in [0.3, 0.4) is 0 Å². The molecule has 3 aromatic rings. The molecule has 0 aliphatic rings. The van der Waals surface area contributed by atoms with Gasteiger partial charge in [-0.25, -0.2) is 0 Å². The molecule has 0 saturated carbocycles. The Bertz CT molecular complexity index is 1050. The fourth-order valence-corrected chi connectivity index (χ4v) is 2.68. The first-order chi connectivity index (χ1) is 12.0. The van der Waals surface area contributed by atoms with E-state index >= 15 is 0 Å². The highest BCUT2D eigenvalue weighted by Crippen LogP contribution is 2.19. The van der Waals surface area contributed by atoms with Gasteiger partial charge in [0.15, 0.2) is 0 Å². The van der Waals surface area contributed by atoms with Crippen molar-refractivity contribution in [3.05, 3.63) is 81.7 Å². The maximum atomic E-state index is 12.6. The normalized spacial score (nSPS) is 11.1. The topological polar surface area (TPSA) is 77.3 Å². The Balaban J connectivity index is 2.09. The van der Waals surface area contributed by atoms with Crippen molar-refractivity contribution >= 4 is 22.9 Å². The lowest BCUT2D eigenvalue weighted by Gasteiger charge is -2.15. The quantitative estimate of drug-likeness (QED) is 0.417. The van der Waals surface area contributed by atoms with Gasteiger partial charge in [-0.05, 0) is 31.2 Å². The second-order valence-electron chi connectivity index (χ2n) is 5.45. The molecule has 0 unspecified atom stereocenters. The number of hydrogen-bond acceptors (Lipinski definition) is 4. The molecule has 3 rings (SSSR count). The van der Waals surface area contributed by atoms with E-state index in [0.717, 1.165) is 0 Å². The van der Waals surface area contributed by atoms with E-state index < -0.39 is 5.78 Å². The van der Waals surface area contributed by atoms with Gasteiger partial charge in [-0.2, -0.15) is 0 Å². The number of carbonyl (C=O) groups excluding carboxylic acids is 1. The molecule has 0 saturated heterocycles. The molecule has 0 fully saturated rings. The molecule has 126 valence electrons. The number of carbonyl (C=O) groups is 1. The van der Waals surface area contributed by atoms with Crippen molar-refractivity contribution in [1.82, 2.24) is 4.73 Å². The number of ether oxygens (including phenoxy) is 1. The number of allylic oxidation sites excluding steroid dienone is 1. The van der Waals surface area contributed by atoms with E-state index in [1.165, 1.54) is 26.2 Å². The van der Waals surface area contributed by atoms with E-state index in [9.17, 15) is 14.9 Å². The standard InChI is InChI=1S/C19H16N2O4/c1-13-19(21(24)16-9-5-4-8-15(16)20(13)23)17(22)12-11-14-7-3-6-10-18(14)25-2/h3-12H,1-2H3/b12-11+. The first-order valence-electron chi connectivity index (χ1n) is 7.64. The zero-order valence-corrected chi connectivity index (χ0v) is 13.8. The summed E-state index contributed by atoms with van der Waals surface area (Å²) in [5.41, 5.74) is 0.935. The Labute approximate surface area is 143 Å². The van der Waals surface area contributed by atoms with Crippen LogP contribution in [-0.4, -0.2) is 17.6 Å². The zero-order chi connectivity index (χ0) is 18.0. The summed E-state index contributed by atoms with van der Waals surface area (Å²) in [6.45, 7) is 1.46. The van der Waals surface area contributed by atoms with Crippen LogP contribution in [0.25, 0.3) is 17.1 Å². The van der Waals surface area contributed by atoms with Crippen LogP contribution in [0.1, 0.15) is 21.7 Å². The van der Waals surface area contributed by atoms with Gasteiger partial charge in [0.05, 0.1) is 17.2 Å². The second-order valence-corrected chi connectivity index (χ2v) is 5.45. The van der Waals surface area contributed by atoms with Gasteiger partial charge >= 0.3 is 5.69 Å². The van der Waals surface area contributed by atoms with Crippen molar-refractivity contribution in [3.63, 3.8) is 0 Å². The number of benzene rings is 2. The van der Waals surface area contributed by atoms with Crippen LogP contribution in [0, 0.1) is 17.0 Å². The molecule has 0 atom stereocenters. The van der Waals surface area contributed by atoms with E-state index in [1.54, 1.807) is 36.4 Å². The Morgan fingerprint density at radius 2 is 1.84 bits per heavy atom. The number of aromatic nitrogens is 2. The minimum absolute atomic E-state index is 0.0587. The molecule has 1 heterocycles. The van der Waals surface area contributed by atoms with Gasteiger partial charge in [-0.1, -0.05) is 30.3 Å². The number of para-hydroxylation sites is 3. The van der Waals surface area contributed by atoms with E-state index in [2.05, 4.69) is 0 Å². The summed E-state index contributed by atoms with van der Waals surface area (Å²) in [7, 11) is 1.54. The van der Waals surface area contributed by atoms with Crippen LogP contribution in [-0.2, 0) is 0 Å². The summed E-state index contributed by atoms with van der Waals surface area (Å²) >= 11 is 0. The summed E-state index contributed by atoms with van der Waals surface area (Å²) in [4.78, 5) is 25.1. The Morgan fingerprint density at radius 1 is 1.16 bits per heavy atom. The van der Waals surface area contributed by atoms with Gasteiger partial charge in [0, 0.05) is 16.5 Å². The molecular weight excluding hydrogens is 320 g/mol. The largest absolute Gasteiger partial charge is 0.805 e. The molecule has 6 nitrogen and oxygen atoms in total. The Hall–Kier alpha value is -3.41. The highest BCUT2D eigenvalue weighted by molar-refractivity contribution is 6.05. The predicted octanol–water partition coefficient (Wildman–Crippen LogP) is 3.11. The van der Waals surface area contributed by atoms with Gasteiger partial charge in [-0.15, -0.1) is 0 Å². The lowest BCUT2D eigenvalue weighted by Crippen LogP contribution is -2.29. The van der Waals surface area contributed by atoms with Crippen LogP contribution in [0.2, 0.25) is 0 Å². The third-order valence-electron chi connectivity index (χ3n) is 3.96. The molecule has 0 amide bonds. The summed E-state index contributed by atoms with van der Waals surface area (Å²) in [6, 6.07) is 13.5. The fourth-order valence-electron chi connectivity index (χ4n) is 2.68. The molecule has 0 N–H and O–H groups in total. The van der Waals surface area contributed by atoms with Gasteiger partial charge in [-0.3, -0.25) is 4.79 Å². The summed E-state index contributed by atoms with van der Waals surface area (Å²) in [5, 5.41) is 12.3.